The normalized spacial score (nSPS) is 10.6. The number of nitrogens with zero attached hydrogens (tertiary/aromatic N) is 2. The van der Waals surface area contributed by atoms with Gasteiger partial charge in [-0.05, 0) is 43.3 Å². The second kappa shape index (κ2) is 10.3. The molecule has 4 aromatic rings. The van der Waals surface area contributed by atoms with E-state index < -0.39 is 0 Å². The highest BCUT2D eigenvalue weighted by Gasteiger charge is 2.15. The summed E-state index contributed by atoms with van der Waals surface area (Å²) in [6.45, 7) is 1.86. The number of para-hydroxylation sites is 1. The minimum atomic E-state index is -0.389. The average Bonchev–Trinajstić information content (AvgIpc) is 3.49. The topological polar surface area (TPSA) is 104 Å². The molecule has 0 aliphatic heterocycles. The minimum Gasteiger partial charge on any atom is -0.482 e. The Morgan fingerprint density at radius 3 is 2.55 bits per heavy atom. The number of anilines is 1. The van der Waals surface area contributed by atoms with Gasteiger partial charge in [-0.2, -0.15) is 0 Å². The molecular weight excluding hydrogens is 466 g/mol. The van der Waals surface area contributed by atoms with Crippen molar-refractivity contribution in [1.82, 2.24) is 10.2 Å². The summed E-state index contributed by atoms with van der Waals surface area (Å²) in [5, 5.41) is 11.9. The molecule has 1 N–H and O–H groups in total. The summed E-state index contributed by atoms with van der Waals surface area (Å²) in [7, 11) is 0. The number of furan rings is 1. The zero-order valence-corrected chi connectivity index (χ0v) is 19.0. The van der Waals surface area contributed by atoms with Gasteiger partial charge in [0, 0.05) is 5.56 Å². The molecule has 0 aliphatic rings. The van der Waals surface area contributed by atoms with Crippen molar-refractivity contribution in [3.8, 4) is 27.8 Å². The zero-order chi connectivity index (χ0) is 23.2. The molecule has 1 amide bonds. The van der Waals surface area contributed by atoms with E-state index in [-0.39, 0.29) is 18.5 Å². The van der Waals surface area contributed by atoms with Gasteiger partial charge in [0.25, 0.3) is 5.91 Å². The van der Waals surface area contributed by atoms with Gasteiger partial charge in [-0.3, -0.25) is 10.1 Å². The highest BCUT2D eigenvalue weighted by molar-refractivity contribution is 7.18. The summed E-state index contributed by atoms with van der Waals surface area (Å²) in [5.74, 6) is 0.772. The predicted octanol–water partition coefficient (Wildman–Crippen LogP) is 5.31. The van der Waals surface area contributed by atoms with Crippen LogP contribution in [-0.4, -0.2) is 35.3 Å². The van der Waals surface area contributed by atoms with Gasteiger partial charge >= 0.3 is 5.97 Å². The van der Waals surface area contributed by atoms with Crippen LogP contribution >= 0.6 is 22.9 Å². The Balaban J connectivity index is 1.37. The Labute approximate surface area is 198 Å². The summed E-state index contributed by atoms with van der Waals surface area (Å²) in [6, 6.07) is 17.4. The number of amides is 1. The molecule has 0 saturated heterocycles. The lowest BCUT2D eigenvalue weighted by molar-refractivity contribution is -0.118. The number of nitrogens with one attached hydrogen (secondary N) is 1. The first-order valence-corrected chi connectivity index (χ1v) is 11.1. The summed E-state index contributed by atoms with van der Waals surface area (Å²) >= 11 is 7.18. The van der Waals surface area contributed by atoms with Crippen molar-refractivity contribution in [2.75, 3.05) is 18.5 Å². The average molecular weight is 484 g/mol. The maximum absolute atomic E-state index is 12.2. The van der Waals surface area contributed by atoms with Gasteiger partial charge in [-0.1, -0.05) is 47.2 Å². The molecule has 10 heteroatoms. The quantitative estimate of drug-likeness (QED) is 0.338. The van der Waals surface area contributed by atoms with Crippen molar-refractivity contribution in [1.29, 1.82) is 0 Å². The summed E-state index contributed by atoms with van der Waals surface area (Å²) in [6.07, 6.45) is 0. The van der Waals surface area contributed by atoms with E-state index in [1.54, 1.807) is 67.6 Å². The largest absolute Gasteiger partial charge is 0.482 e. The third-order valence-electron chi connectivity index (χ3n) is 4.36. The Bertz CT molecular complexity index is 1270. The number of hydrogen-bond acceptors (Lipinski definition) is 8. The lowest BCUT2D eigenvalue weighted by Gasteiger charge is -2.06. The molecule has 0 atom stereocenters. The van der Waals surface area contributed by atoms with Gasteiger partial charge in [0.15, 0.2) is 17.4 Å². The van der Waals surface area contributed by atoms with E-state index in [1.165, 1.54) is 11.3 Å². The fourth-order valence-electron chi connectivity index (χ4n) is 2.83. The summed E-state index contributed by atoms with van der Waals surface area (Å²) < 4.78 is 16.3. The second-order valence-corrected chi connectivity index (χ2v) is 8.03. The van der Waals surface area contributed by atoms with E-state index in [1.807, 2.05) is 0 Å². The summed E-state index contributed by atoms with van der Waals surface area (Å²) in [5.41, 5.74) is 1.26. The van der Waals surface area contributed by atoms with Crippen LogP contribution in [0.5, 0.6) is 5.75 Å². The maximum atomic E-state index is 12.2. The maximum Gasteiger partial charge on any atom is 0.338 e. The molecule has 0 spiro atoms. The second-order valence-electron chi connectivity index (χ2n) is 6.64. The molecule has 168 valence electrons. The Morgan fingerprint density at radius 2 is 1.79 bits per heavy atom. The Morgan fingerprint density at radius 1 is 1.03 bits per heavy atom. The lowest BCUT2D eigenvalue weighted by atomic mass is 10.1. The lowest BCUT2D eigenvalue weighted by Crippen LogP contribution is -2.20. The van der Waals surface area contributed by atoms with Crippen molar-refractivity contribution < 1.29 is 23.5 Å². The fourth-order valence-corrected chi connectivity index (χ4v) is 3.74. The van der Waals surface area contributed by atoms with Gasteiger partial charge in [0.05, 0.1) is 17.2 Å². The van der Waals surface area contributed by atoms with Gasteiger partial charge in [-0.15, -0.1) is 10.2 Å². The van der Waals surface area contributed by atoms with Crippen LogP contribution in [0.3, 0.4) is 0 Å². The molecular formula is C23H18ClN3O5S. The van der Waals surface area contributed by atoms with E-state index >= 15 is 0 Å². The first-order valence-electron chi connectivity index (χ1n) is 9.92. The fraction of sp³-hybridized carbons (Fsp3) is 0.130. The molecule has 2 aromatic carbocycles. The van der Waals surface area contributed by atoms with Crippen LogP contribution in [0.4, 0.5) is 5.13 Å². The van der Waals surface area contributed by atoms with Crippen molar-refractivity contribution in [3.05, 3.63) is 71.2 Å². The number of carbonyl (C=O) groups is 2. The number of ether oxygens (including phenoxy) is 2. The van der Waals surface area contributed by atoms with Crippen LogP contribution in [-0.2, 0) is 9.53 Å². The smallest absolute Gasteiger partial charge is 0.338 e. The van der Waals surface area contributed by atoms with Crippen LogP contribution in [0, 0.1) is 0 Å². The molecule has 0 radical (unpaired) electrons. The number of esters is 1. The minimum absolute atomic E-state index is 0.217. The molecule has 2 aromatic heterocycles. The number of halogens is 1. The van der Waals surface area contributed by atoms with Gasteiger partial charge in [-0.25, -0.2) is 4.79 Å². The molecule has 0 aliphatic carbocycles. The zero-order valence-electron chi connectivity index (χ0n) is 17.4. The van der Waals surface area contributed by atoms with E-state index in [0.29, 0.717) is 44.6 Å². The monoisotopic (exact) mass is 483 g/mol. The van der Waals surface area contributed by atoms with E-state index in [0.717, 1.165) is 5.56 Å². The van der Waals surface area contributed by atoms with Crippen LogP contribution in [0.15, 0.2) is 65.1 Å². The van der Waals surface area contributed by atoms with Crippen molar-refractivity contribution in [2.45, 2.75) is 6.92 Å². The van der Waals surface area contributed by atoms with Gasteiger partial charge in [0.1, 0.15) is 11.5 Å². The van der Waals surface area contributed by atoms with Crippen molar-refractivity contribution in [2.24, 2.45) is 0 Å². The van der Waals surface area contributed by atoms with Gasteiger partial charge in [0.2, 0.25) is 5.13 Å². The SMILES string of the molecule is CCOC(=O)c1ccc(-c2ccc(-c3nnc(NC(=O)COc4ccccc4Cl)s3)o2)cc1. The first kappa shape index (κ1) is 22.5. The standard InChI is InChI=1S/C23H18ClN3O5S/c1-2-30-22(29)15-9-7-14(8-10-15)17-11-12-19(32-17)21-26-27-23(33-21)25-20(28)13-31-18-6-4-3-5-16(18)24/h3-12H,2,13H2,1H3,(H,25,27,28). The molecule has 0 saturated carbocycles. The molecule has 33 heavy (non-hydrogen) atoms. The van der Waals surface area contributed by atoms with Crippen molar-refractivity contribution in [3.63, 3.8) is 0 Å². The Kier molecular flexibility index (Phi) is 7.01. The molecule has 0 fully saturated rings. The van der Waals surface area contributed by atoms with E-state index in [2.05, 4.69) is 15.5 Å². The number of rotatable bonds is 8. The number of hydrogen-bond donors (Lipinski definition) is 1. The summed E-state index contributed by atoms with van der Waals surface area (Å²) in [4.78, 5) is 23.9. The predicted molar refractivity (Wildman–Crippen MR) is 125 cm³/mol. The number of carbonyl (C=O) groups excluding carboxylic acids is 2. The van der Waals surface area contributed by atoms with Gasteiger partial charge < -0.3 is 13.9 Å². The highest BCUT2D eigenvalue weighted by atomic mass is 35.5. The molecule has 2 heterocycles. The van der Waals surface area contributed by atoms with Crippen LogP contribution in [0.25, 0.3) is 22.1 Å². The Hall–Kier alpha value is -3.69. The highest BCUT2D eigenvalue weighted by Crippen LogP contribution is 2.32. The number of aromatic nitrogens is 2. The first-order chi connectivity index (χ1) is 16.0. The molecule has 8 nitrogen and oxygen atoms in total. The van der Waals surface area contributed by atoms with E-state index in [9.17, 15) is 9.59 Å². The third kappa shape index (κ3) is 5.57. The molecule has 4 rings (SSSR count). The van der Waals surface area contributed by atoms with E-state index in [4.69, 9.17) is 25.5 Å². The molecule has 0 bridgehead atoms. The van der Waals surface area contributed by atoms with Crippen LogP contribution in [0.2, 0.25) is 5.02 Å². The third-order valence-corrected chi connectivity index (χ3v) is 5.53. The molecule has 0 unspecified atom stereocenters. The van der Waals surface area contributed by atoms with Crippen LogP contribution in [0.1, 0.15) is 17.3 Å². The van der Waals surface area contributed by atoms with Crippen LogP contribution < -0.4 is 10.1 Å². The van der Waals surface area contributed by atoms with Crippen molar-refractivity contribution >= 4 is 39.9 Å². The number of benzene rings is 2.